The molecule has 0 saturated carbocycles. The lowest BCUT2D eigenvalue weighted by Gasteiger charge is -2.19. The number of nitrogens with one attached hydrogen (secondary N) is 2. The maximum Gasteiger partial charge on any atom is 0.226 e. The van der Waals surface area contributed by atoms with Crippen LogP contribution >= 0.6 is 0 Å². The highest BCUT2D eigenvalue weighted by atomic mass is 16.2. The zero-order valence-electron chi connectivity index (χ0n) is 14.4. The molecule has 6 nitrogen and oxygen atoms in total. The van der Waals surface area contributed by atoms with Crippen molar-refractivity contribution in [2.75, 3.05) is 13.1 Å². The number of para-hydroxylation sites is 2. The molecule has 1 aromatic carbocycles. The number of imidazole rings is 1. The van der Waals surface area contributed by atoms with E-state index in [1.807, 2.05) is 31.2 Å². The van der Waals surface area contributed by atoms with E-state index in [2.05, 4.69) is 29.1 Å². The van der Waals surface area contributed by atoms with E-state index in [9.17, 15) is 9.59 Å². The van der Waals surface area contributed by atoms with E-state index in [1.165, 1.54) is 0 Å². The van der Waals surface area contributed by atoms with Crippen LogP contribution in [0.2, 0.25) is 0 Å². The van der Waals surface area contributed by atoms with Crippen molar-refractivity contribution in [2.45, 2.75) is 33.2 Å². The minimum absolute atomic E-state index is 0.0697. The maximum atomic E-state index is 12.5. The third kappa shape index (κ3) is 3.42. The largest absolute Gasteiger partial charge is 0.346 e. The molecule has 0 bridgehead atoms. The lowest BCUT2D eigenvalue weighted by molar-refractivity contribution is -0.129. The predicted molar refractivity (Wildman–Crippen MR) is 92.2 cm³/mol. The average molecular weight is 328 g/mol. The minimum atomic E-state index is -0.275. The van der Waals surface area contributed by atoms with Crippen molar-refractivity contribution in [3.63, 3.8) is 0 Å². The molecule has 3 rings (SSSR count). The normalized spacial score (nSPS) is 19.2. The number of benzene rings is 1. The summed E-state index contributed by atoms with van der Waals surface area (Å²) in [5, 5.41) is 2.98. The highest BCUT2D eigenvalue weighted by molar-refractivity contribution is 5.89. The lowest BCUT2D eigenvalue weighted by Crippen LogP contribution is -2.35. The number of carbonyl (C=O) groups is 2. The summed E-state index contributed by atoms with van der Waals surface area (Å²) in [6, 6.07) is 7.55. The topological polar surface area (TPSA) is 78.1 Å². The Morgan fingerprint density at radius 3 is 2.83 bits per heavy atom. The van der Waals surface area contributed by atoms with Crippen LogP contribution in [0.3, 0.4) is 0 Å². The first-order chi connectivity index (χ1) is 11.4. The molecule has 1 unspecified atom stereocenters. The molecule has 24 heavy (non-hydrogen) atoms. The molecule has 1 aromatic heterocycles. The molecule has 1 saturated heterocycles. The number of hydrogen-bond acceptors (Lipinski definition) is 3. The minimum Gasteiger partial charge on any atom is -0.346 e. The first-order valence-corrected chi connectivity index (χ1v) is 8.47. The molecule has 2 aromatic rings. The van der Waals surface area contributed by atoms with Crippen molar-refractivity contribution in [1.29, 1.82) is 0 Å². The number of hydrogen-bond donors (Lipinski definition) is 2. The van der Waals surface area contributed by atoms with Crippen LogP contribution in [0.5, 0.6) is 0 Å². The van der Waals surface area contributed by atoms with E-state index in [0.29, 0.717) is 25.4 Å². The van der Waals surface area contributed by atoms with Crippen LogP contribution in [0.15, 0.2) is 24.3 Å². The van der Waals surface area contributed by atoms with Gasteiger partial charge >= 0.3 is 0 Å². The fourth-order valence-corrected chi connectivity index (χ4v) is 3.14. The Morgan fingerprint density at radius 2 is 2.12 bits per heavy atom. The number of rotatable bonds is 5. The van der Waals surface area contributed by atoms with E-state index in [-0.39, 0.29) is 23.8 Å². The van der Waals surface area contributed by atoms with Crippen LogP contribution in [0.4, 0.5) is 0 Å². The number of H-pyrrole nitrogens is 1. The molecular weight excluding hydrogens is 304 g/mol. The number of aromatic nitrogens is 2. The summed E-state index contributed by atoms with van der Waals surface area (Å²) in [6.07, 6.45) is 0.297. The van der Waals surface area contributed by atoms with Gasteiger partial charge in [-0.25, -0.2) is 4.98 Å². The molecule has 2 N–H and O–H groups in total. The van der Waals surface area contributed by atoms with Gasteiger partial charge in [0.15, 0.2) is 0 Å². The van der Waals surface area contributed by atoms with E-state index >= 15 is 0 Å². The van der Waals surface area contributed by atoms with Gasteiger partial charge < -0.3 is 15.2 Å². The molecule has 2 amide bonds. The standard InChI is InChI=1S/C18H24N4O2/c1-11(2)9-22-10-13(8-16(22)23)18(24)19-12(3)17-20-14-6-4-5-7-15(14)21-17/h4-7,11-13H,8-10H2,1-3H3,(H,19,24)(H,20,21)/t12-,13?/m0/s1. The third-order valence-corrected chi connectivity index (χ3v) is 4.35. The van der Waals surface area contributed by atoms with Gasteiger partial charge in [0, 0.05) is 19.5 Å². The van der Waals surface area contributed by atoms with Crippen molar-refractivity contribution < 1.29 is 9.59 Å². The maximum absolute atomic E-state index is 12.5. The molecule has 1 aliphatic heterocycles. The fourth-order valence-electron chi connectivity index (χ4n) is 3.14. The van der Waals surface area contributed by atoms with Gasteiger partial charge in [-0.3, -0.25) is 9.59 Å². The second-order valence-corrected chi connectivity index (χ2v) is 6.96. The number of aromatic amines is 1. The summed E-state index contributed by atoms with van der Waals surface area (Å²) in [6.45, 7) is 7.27. The Hall–Kier alpha value is -2.37. The average Bonchev–Trinajstić information content (AvgIpc) is 3.11. The number of fused-ring (bicyclic) bond motifs is 1. The molecule has 128 valence electrons. The molecule has 0 aliphatic carbocycles. The van der Waals surface area contributed by atoms with E-state index in [1.54, 1.807) is 4.90 Å². The van der Waals surface area contributed by atoms with Gasteiger partial charge in [-0.05, 0) is 25.0 Å². The zero-order chi connectivity index (χ0) is 17.3. The molecule has 1 aliphatic rings. The summed E-state index contributed by atoms with van der Waals surface area (Å²) in [5.74, 6) is 0.851. The number of nitrogens with zero attached hydrogens (tertiary/aromatic N) is 2. The summed E-state index contributed by atoms with van der Waals surface area (Å²) in [4.78, 5) is 34.1. The number of amides is 2. The van der Waals surface area contributed by atoms with Crippen LogP contribution in [0, 0.1) is 11.8 Å². The molecule has 0 radical (unpaired) electrons. The SMILES string of the molecule is CC(C)CN1CC(C(=O)N[C@@H](C)c2nc3ccccc3[nH]2)CC1=O. The van der Waals surface area contributed by atoms with Gasteiger partial charge in [0.05, 0.1) is 23.0 Å². The van der Waals surface area contributed by atoms with E-state index in [0.717, 1.165) is 16.9 Å². The summed E-state index contributed by atoms with van der Waals surface area (Å²) in [7, 11) is 0. The van der Waals surface area contributed by atoms with Gasteiger partial charge in [0.2, 0.25) is 11.8 Å². The van der Waals surface area contributed by atoms with Crippen molar-refractivity contribution >= 4 is 22.8 Å². The van der Waals surface area contributed by atoms with Crippen molar-refractivity contribution in [1.82, 2.24) is 20.2 Å². The van der Waals surface area contributed by atoms with Crippen molar-refractivity contribution in [3.05, 3.63) is 30.1 Å². The Balaban J connectivity index is 1.63. The van der Waals surface area contributed by atoms with Gasteiger partial charge in [0.1, 0.15) is 5.82 Å². The second-order valence-electron chi connectivity index (χ2n) is 6.96. The van der Waals surface area contributed by atoms with Crippen LogP contribution in [-0.4, -0.2) is 39.8 Å². The van der Waals surface area contributed by atoms with Crippen LogP contribution in [-0.2, 0) is 9.59 Å². The Kier molecular flexibility index (Phi) is 4.55. The Labute approximate surface area is 141 Å². The number of carbonyl (C=O) groups excluding carboxylic acids is 2. The van der Waals surface area contributed by atoms with E-state index < -0.39 is 0 Å². The monoisotopic (exact) mass is 328 g/mol. The lowest BCUT2D eigenvalue weighted by atomic mass is 10.1. The molecule has 2 heterocycles. The molecular formula is C18H24N4O2. The molecule has 1 fully saturated rings. The Bertz CT molecular complexity index is 719. The quantitative estimate of drug-likeness (QED) is 0.883. The van der Waals surface area contributed by atoms with Gasteiger partial charge in [-0.1, -0.05) is 26.0 Å². The first kappa shape index (κ1) is 16.5. The molecule has 0 spiro atoms. The zero-order valence-corrected chi connectivity index (χ0v) is 14.4. The summed E-state index contributed by atoms with van der Waals surface area (Å²) < 4.78 is 0. The van der Waals surface area contributed by atoms with Crippen molar-refractivity contribution in [2.24, 2.45) is 11.8 Å². The van der Waals surface area contributed by atoms with Crippen molar-refractivity contribution in [3.8, 4) is 0 Å². The Morgan fingerprint density at radius 1 is 1.38 bits per heavy atom. The number of likely N-dealkylation sites (tertiary alicyclic amines) is 1. The summed E-state index contributed by atoms with van der Waals surface area (Å²) >= 11 is 0. The molecule has 6 heteroatoms. The van der Waals surface area contributed by atoms with Crippen LogP contribution < -0.4 is 5.32 Å². The molecule has 2 atom stereocenters. The highest BCUT2D eigenvalue weighted by Crippen LogP contribution is 2.21. The van der Waals surface area contributed by atoms with E-state index in [4.69, 9.17) is 0 Å². The smallest absolute Gasteiger partial charge is 0.226 e. The fraction of sp³-hybridized carbons (Fsp3) is 0.500. The second kappa shape index (κ2) is 6.63. The van der Waals surface area contributed by atoms with Gasteiger partial charge in [0.25, 0.3) is 0 Å². The third-order valence-electron chi connectivity index (χ3n) is 4.35. The highest BCUT2D eigenvalue weighted by Gasteiger charge is 2.35. The van der Waals surface area contributed by atoms with Gasteiger partial charge in [-0.2, -0.15) is 0 Å². The summed E-state index contributed by atoms with van der Waals surface area (Å²) in [5.41, 5.74) is 1.83. The van der Waals surface area contributed by atoms with Gasteiger partial charge in [-0.15, -0.1) is 0 Å². The predicted octanol–water partition coefficient (Wildman–Crippen LogP) is 2.24. The van der Waals surface area contributed by atoms with Crippen LogP contribution in [0.25, 0.3) is 11.0 Å². The van der Waals surface area contributed by atoms with Crippen LogP contribution in [0.1, 0.15) is 39.1 Å². The first-order valence-electron chi connectivity index (χ1n) is 8.47.